The van der Waals surface area contributed by atoms with Gasteiger partial charge in [0.25, 0.3) is 0 Å². The van der Waals surface area contributed by atoms with Crippen molar-refractivity contribution in [1.82, 2.24) is 4.57 Å². The average molecular weight is 733 g/mol. The molecule has 0 aliphatic heterocycles. The van der Waals surface area contributed by atoms with E-state index in [1.807, 2.05) is 11.3 Å². The molecule has 0 fully saturated rings. The molecule has 0 atom stereocenters. The summed E-state index contributed by atoms with van der Waals surface area (Å²) in [6.45, 7) is 0. The average Bonchev–Trinajstić information content (AvgIpc) is 3.94. The van der Waals surface area contributed by atoms with Crippen LogP contribution >= 0.6 is 11.3 Å². The second kappa shape index (κ2) is 12.2. The van der Waals surface area contributed by atoms with Crippen molar-refractivity contribution in [3.8, 4) is 16.8 Å². The van der Waals surface area contributed by atoms with Crippen LogP contribution in [0.2, 0.25) is 0 Å². The van der Waals surface area contributed by atoms with Crippen molar-refractivity contribution < 1.29 is 4.42 Å². The molecule has 0 saturated heterocycles. The maximum atomic E-state index is 6.71. The number of anilines is 3. The van der Waals surface area contributed by atoms with Crippen molar-refractivity contribution in [1.29, 1.82) is 0 Å². The Morgan fingerprint density at radius 3 is 2.07 bits per heavy atom. The Kier molecular flexibility index (Phi) is 6.80. The van der Waals surface area contributed by atoms with Crippen LogP contribution in [0.1, 0.15) is 0 Å². The van der Waals surface area contributed by atoms with Crippen LogP contribution in [0.4, 0.5) is 17.1 Å². The van der Waals surface area contributed by atoms with Gasteiger partial charge < -0.3 is 13.9 Å². The van der Waals surface area contributed by atoms with Gasteiger partial charge in [0.15, 0.2) is 0 Å². The SMILES string of the molecule is c1ccc(-n2c3ccccc3c3cc(-c4cccc(N(c5ccc6c(c5)sc5ccccc56)c5cccc6oc7c8ccccc8ccc7c56)c4)ccc32)cc1. The van der Waals surface area contributed by atoms with Crippen molar-refractivity contribution in [2.24, 2.45) is 0 Å². The number of hydrogen-bond donors (Lipinski definition) is 0. The lowest BCUT2D eigenvalue weighted by Gasteiger charge is -2.27. The summed E-state index contributed by atoms with van der Waals surface area (Å²) in [7, 11) is 0. The van der Waals surface area contributed by atoms with Crippen LogP contribution < -0.4 is 4.90 Å². The maximum absolute atomic E-state index is 6.71. The predicted molar refractivity (Wildman–Crippen MR) is 239 cm³/mol. The molecule has 3 nitrogen and oxygen atoms in total. The zero-order valence-corrected chi connectivity index (χ0v) is 31.0. The quantitative estimate of drug-likeness (QED) is 0.176. The van der Waals surface area contributed by atoms with Gasteiger partial charge in [-0.15, -0.1) is 11.3 Å². The zero-order valence-electron chi connectivity index (χ0n) is 30.2. The molecule has 56 heavy (non-hydrogen) atoms. The van der Waals surface area contributed by atoms with Crippen molar-refractivity contribution in [3.63, 3.8) is 0 Å². The van der Waals surface area contributed by atoms with E-state index in [9.17, 15) is 0 Å². The Morgan fingerprint density at radius 1 is 0.429 bits per heavy atom. The van der Waals surface area contributed by atoms with E-state index in [0.717, 1.165) is 55.6 Å². The third-order valence-electron chi connectivity index (χ3n) is 11.4. The highest BCUT2D eigenvalue weighted by molar-refractivity contribution is 7.25. The first-order valence-electron chi connectivity index (χ1n) is 19.0. The molecule has 12 aromatic rings. The second-order valence-electron chi connectivity index (χ2n) is 14.5. The fourth-order valence-corrected chi connectivity index (χ4v) is 9.97. The number of furan rings is 1. The van der Waals surface area contributed by atoms with E-state index >= 15 is 0 Å². The monoisotopic (exact) mass is 732 g/mol. The molecule has 9 aromatic carbocycles. The molecule has 262 valence electrons. The molecular formula is C52H32N2OS. The summed E-state index contributed by atoms with van der Waals surface area (Å²) >= 11 is 1.85. The Bertz CT molecular complexity index is 3500. The summed E-state index contributed by atoms with van der Waals surface area (Å²) in [4.78, 5) is 2.42. The molecular weight excluding hydrogens is 701 g/mol. The number of benzene rings is 9. The molecule has 0 N–H and O–H groups in total. The first kappa shape index (κ1) is 31.2. The van der Waals surface area contributed by atoms with E-state index in [-0.39, 0.29) is 0 Å². The maximum Gasteiger partial charge on any atom is 0.143 e. The summed E-state index contributed by atoms with van der Waals surface area (Å²) < 4.78 is 11.6. The number of hydrogen-bond acceptors (Lipinski definition) is 3. The molecule has 4 heteroatoms. The summed E-state index contributed by atoms with van der Waals surface area (Å²) in [5.74, 6) is 0. The summed E-state index contributed by atoms with van der Waals surface area (Å²) in [6, 6.07) is 70.2. The van der Waals surface area contributed by atoms with E-state index in [1.54, 1.807) is 0 Å². The predicted octanol–water partition coefficient (Wildman–Crippen LogP) is 15.3. The van der Waals surface area contributed by atoms with Crippen molar-refractivity contribution in [3.05, 3.63) is 194 Å². The van der Waals surface area contributed by atoms with Crippen LogP contribution in [0.5, 0.6) is 0 Å². The van der Waals surface area contributed by atoms with Gasteiger partial charge >= 0.3 is 0 Å². The highest BCUT2D eigenvalue weighted by Gasteiger charge is 2.22. The Hall–Kier alpha value is -7.14. The number of aromatic nitrogens is 1. The van der Waals surface area contributed by atoms with Gasteiger partial charge in [-0.1, -0.05) is 115 Å². The van der Waals surface area contributed by atoms with Crippen LogP contribution in [0.15, 0.2) is 199 Å². The van der Waals surface area contributed by atoms with Gasteiger partial charge in [0.1, 0.15) is 11.2 Å². The number of fused-ring (bicyclic) bond motifs is 11. The molecule has 0 amide bonds. The third kappa shape index (κ3) is 4.70. The summed E-state index contributed by atoms with van der Waals surface area (Å²) in [5, 5.41) is 9.57. The van der Waals surface area contributed by atoms with Crippen molar-refractivity contribution in [2.75, 3.05) is 4.90 Å². The Balaban J connectivity index is 1.08. The molecule has 0 spiro atoms. The minimum absolute atomic E-state index is 0.873. The fraction of sp³-hybridized carbons (Fsp3) is 0. The minimum atomic E-state index is 0.873. The van der Waals surface area contributed by atoms with Gasteiger partial charge in [-0.3, -0.25) is 0 Å². The van der Waals surface area contributed by atoms with Gasteiger partial charge in [-0.05, 0) is 95.4 Å². The second-order valence-corrected chi connectivity index (χ2v) is 15.6. The zero-order chi connectivity index (χ0) is 36.7. The van der Waals surface area contributed by atoms with Gasteiger partial charge in [0.05, 0.1) is 22.1 Å². The van der Waals surface area contributed by atoms with E-state index in [0.29, 0.717) is 0 Å². The molecule has 0 aliphatic carbocycles. The lowest BCUT2D eigenvalue weighted by atomic mass is 10.0. The van der Waals surface area contributed by atoms with Crippen LogP contribution in [0, 0.1) is 0 Å². The largest absolute Gasteiger partial charge is 0.455 e. The van der Waals surface area contributed by atoms with E-state index in [1.165, 1.54) is 52.9 Å². The van der Waals surface area contributed by atoms with Crippen LogP contribution in [0.3, 0.4) is 0 Å². The van der Waals surface area contributed by atoms with Gasteiger partial charge in [0.2, 0.25) is 0 Å². The van der Waals surface area contributed by atoms with Crippen LogP contribution in [-0.2, 0) is 0 Å². The number of thiophene rings is 1. The smallest absolute Gasteiger partial charge is 0.143 e. The topological polar surface area (TPSA) is 21.3 Å². The van der Waals surface area contributed by atoms with Crippen LogP contribution in [0.25, 0.3) is 91.5 Å². The fourth-order valence-electron chi connectivity index (χ4n) is 8.83. The van der Waals surface area contributed by atoms with E-state index in [2.05, 4.69) is 204 Å². The normalized spacial score (nSPS) is 11.9. The summed E-state index contributed by atoms with van der Waals surface area (Å²) in [5.41, 5.74) is 10.9. The molecule has 0 bridgehead atoms. The van der Waals surface area contributed by atoms with Gasteiger partial charge in [-0.2, -0.15) is 0 Å². The molecule has 3 heterocycles. The lowest BCUT2D eigenvalue weighted by Crippen LogP contribution is -2.10. The molecule has 0 radical (unpaired) electrons. The van der Waals surface area contributed by atoms with Gasteiger partial charge in [0, 0.05) is 58.8 Å². The van der Waals surface area contributed by atoms with E-state index in [4.69, 9.17) is 4.42 Å². The van der Waals surface area contributed by atoms with Gasteiger partial charge in [-0.25, -0.2) is 0 Å². The van der Waals surface area contributed by atoms with Crippen LogP contribution in [-0.4, -0.2) is 4.57 Å². The number of rotatable bonds is 5. The lowest BCUT2D eigenvalue weighted by molar-refractivity contribution is 0.672. The molecule has 0 saturated carbocycles. The Morgan fingerprint density at radius 2 is 1.14 bits per heavy atom. The Labute approximate surface area is 326 Å². The first-order chi connectivity index (χ1) is 27.8. The standard InChI is InChI=1S/C52H32N2OS/c1-2-14-36(15-3-1)54-45-20-8-6-18-40(45)44-31-35(25-29-46(44)54)34-13-10-16-37(30-34)53(38-26-28-42-41-19-7-9-23-49(41)56-50(42)32-38)47-21-11-22-48-51(47)43-27-24-33-12-4-5-17-39(33)52(43)55-48/h1-32H. The third-order valence-corrected chi connectivity index (χ3v) is 12.5. The summed E-state index contributed by atoms with van der Waals surface area (Å²) in [6.07, 6.45) is 0. The molecule has 0 aliphatic rings. The van der Waals surface area contributed by atoms with Crippen molar-refractivity contribution in [2.45, 2.75) is 0 Å². The molecule has 12 rings (SSSR count). The van der Waals surface area contributed by atoms with E-state index < -0.39 is 0 Å². The number of nitrogens with zero attached hydrogens (tertiary/aromatic N) is 2. The van der Waals surface area contributed by atoms with Crippen molar-refractivity contribution >= 4 is 103 Å². The minimum Gasteiger partial charge on any atom is -0.455 e. The first-order valence-corrected chi connectivity index (χ1v) is 19.8. The highest BCUT2D eigenvalue weighted by Crippen LogP contribution is 2.47. The molecule has 0 unspecified atom stereocenters. The highest BCUT2D eigenvalue weighted by atomic mass is 32.1. The molecule has 3 aromatic heterocycles. The number of para-hydroxylation sites is 2.